The van der Waals surface area contributed by atoms with Crippen LogP contribution in [0.5, 0.6) is 0 Å². The number of rotatable bonds is 10. The predicted molar refractivity (Wildman–Crippen MR) is 149 cm³/mol. The second-order valence-corrected chi connectivity index (χ2v) is 12.6. The Balaban J connectivity index is 0.00000353. The Morgan fingerprint density at radius 2 is 1.54 bits per heavy atom. The second-order valence-electron chi connectivity index (χ2n) is 10.7. The molecule has 4 atom stereocenters. The zero-order valence-electron chi connectivity index (χ0n) is 22.4. The van der Waals surface area contributed by atoms with Gasteiger partial charge < -0.3 is 36.0 Å². The third kappa shape index (κ3) is 6.17. The quantitative estimate of drug-likeness (QED) is 0.274. The summed E-state index contributed by atoms with van der Waals surface area (Å²) in [6.07, 6.45) is 4.75. The average Bonchev–Trinajstić information content (AvgIpc) is 3.66. The molecule has 0 saturated carbocycles. The fourth-order valence-electron chi connectivity index (χ4n) is 6.26. The van der Waals surface area contributed by atoms with Crippen molar-refractivity contribution in [2.75, 3.05) is 13.7 Å². The Morgan fingerprint density at radius 1 is 0.974 bits per heavy atom. The number of benzene rings is 1. The Hall–Kier alpha value is -2.04. The maximum atomic E-state index is 13.5. The molecule has 5 rings (SSSR count). The van der Waals surface area contributed by atoms with Crippen molar-refractivity contribution in [1.29, 1.82) is 0 Å². The highest BCUT2D eigenvalue weighted by atomic mass is 79.9. The zero-order chi connectivity index (χ0) is 26.8. The van der Waals surface area contributed by atoms with Crippen LogP contribution in [-0.4, -0.2) is 53.4 Å². The molecule has 39 heavy (non-hydrogen) atoms. The summed E-state index contributed by atoms with van der Waals surface area (Å²) in [6, 6.07) is 16.7. The van der Waals surface area contributed by atoms with E-state index in [1.165, 1.54) is 28.2 Å². The van der Waals surface area contributed by atoms with Crippen molar-refractivity contribution in [2.24, 2.45) is 0 Å². The normalized spacial score (nSPS) is 24.1. The van der Waals surface area contributed by atoms with Crippen molar-refractivity contribution in [3.8, 4) is 0 Å². The van der Waals surface area contributed by atoms with Gasteiger partial charge in [0.05, 0.1) is 35.5 Å². The molecule has 2 fully saturated rings. The Kier molecular flexibility index (Phi) is 9.70. The minimum Gasteiger partial charge on any atom is -1.00 e. The van der Waals surface area contributed by atoms with Crippen molar-refractivity contribution in [1.82, 2.24) is 0 Å². The van der Waals surface area contributed by atoms with E-state index >= 15 is 0 Å². The van der Waals surface area contributed by atoms with Gasteiger partial charge in [0.2, 0.25) is 5.60 Å². The number of esters is 2. The summed E-state index contributed by atoms with van der Waals surface area (Å²) in [5.74, 6) is -0.722. The lowest BCUT2D eigenvalue weighted by atomic mass is 9.94. The molecule has 4 heterocycles. The van der Waals surface area contributed by atoms with Crippen LogP contribution in [-0.2, 0) is 37.6 Å². The molecule has 2 aromatic heterocycles. The number of quaternary nitrogens is 1. The van der Waals surface area contributed by atoms with Gasteiger partial charge in [-0.3, -0.25) is 4.79 Å². The van der Waals surface area contributed by atoms with Gasteiger partial charge in [-0.25, -0.2) is 4.79 Å². The topological polar surface area (TPSA) is 72.8 Å². The van der Waals surface area contributed by atoms with E-state index < -0.39 is 11.6 Å². The van der Waals surface area contributed by atoms with Crippen LogP contribution in [0.2, 0.25) is 0 Å². The highest BCUT2D eigenvalue weighted by Gasteiger charge is 2.53. The molecule has 0 aliphatic carbocycles. The highest BCUT2D eigenvalue weighted by molar-refractivity contribution is 7.12. The number of hydrogen-bond donors (Lipinski definition) is 1. The van der Waals surface area contributed by atoms with Gasteiger partial charge in [0.15, 0.2) is 0 Å². The van der Waals surface area contributed by atoms with Gasteiger partial charge in [0.25, 0.3) is 0 Å². The second kappa shape index (κ2) is 12.6. The molecule has 2 aliphatic rings. The Labute approximate surface area is 248 Å². The molecule has 0 spiro atoms. The number of carbonyl (C=O) groups excluding carboxylic acids is 2. The van der Waals surface area contributed by atoms with Gasteiger partial charge in [-0.1, -0.05) is 36.4 Å². The first-order valence-corrected chi connectivity index (χ1v) is 15.2. The van der Waals surface area contributed by atoms with Gasteiger partial charge in [-0.2, -0.15) is 0 Å². The van der Waals surface area contributed by atoms with Crippen LogP contribution in [0.25, 0.3) is 0 Å². The molecule has 2 saturated heterocycles. The number of aryl methyl sites for hydroxylation is 1. The largest absolute Gasteiger partial charge is 1.00 e. The van der Waals surface area contributed by atoms with Crippen molar-refractivity contribution >= 4 is 34.6 Å². The summed E-state index contributed by atoms with van der Waals surface area (Å²) in [6.45, 7) is 3.18. The molecule has 0 amide bonds. The van der Waals surface area contributed by atoms with Crippen LogP contribution < -0.4 is 17.0 Å². The van der Waals surface area contributed by atoms with Crippen molar-refractivity contribution in [3.63, 3.8) is 0 Å². The van der Waals surface area contributed by atoms with Crippen LogP contribution in [0.4, 0.5) is 0 Å². The summed E-state index contributed by atoms with van der Waals surface area (Å²) in [4.78, 5) is 26.3. The molecule has 3 aromatic rings. The molecule has 2 aliphatic heterocycles. The van der Waals surface area contributed by atoms with Crippen LogP contribution in [0, 0.1) is 0 Å². The van der Waals surface area contributed by atoms with E-state index in [4.69, 9.17) is 9.47 Å². The molecule has 2 bridgehead atoms. The molecule has 0 radical (unpaired) electrons. The van der Waals surface area contributed by atoms with Gasteiger partial charge in [0.1, 0.15) is 12.6 Å². The molecule has 9 heteroatoms. The monoisotopic (exact) mass is 633 g/mol. The summed E-state index contributed by atoms with van der Waals surface area (Å²) >= 11 is 2.74. The number of nitrogens with zero attached hydrogens (tertiary/aromatic N) is 1. The van der Waals surface area contributed by atoms with Crippen molar-refractivity contribution < 1.29 is 45.6 Å². The Morgan fingerprint density at radius 3 is 2.05 bits per heavy atom. The fraction of sp³-hybridized carbons (Fsp3) is 0.467. The van der Waals surface area contributed by atoms with E-state index in [0.717, 1.165) is 42.3 Å². The molecule has 6 nitrogen and oxygen atoms in total. The zero-order valence-corrected chi connectivity index (χ0v) is 25.6. The third-order valence-electron chi connectivity index (χ3n) is 8.37. The van der Waals surface area contributed by atoms with E-state index in [1.807, 2.05) is 29.8 Å². The van der Waals surface area contributed by atoms with E-state index in [2.05, 4.69) is 31.3 Å². The Bertz CT molecular complexity index is 1180. The number of carbonyl (C=O) groups is 2. The molecule has 210 valence electrons. The number of halogens is 1. The summed E-state index contributed by atoms with van der Waals surface area (Å²) < 4.78 is 12.1. The number of hydrogen-bond acceptors (Lipinski definition) is 7. The van der Waals surface area contributed by atoms with Crippen LogP contribution in [0.1, 0.15) is 59.9 Å². The van der Waals surface area contributed by atoms with Crippen molar-refractivity contribution in [3.05, 3.63) is 80.2 Å². The smallest absolute Gasteiger partial charge is 0.349 e. The molecule has 1 unspecified atom stereocenters. The maximum Gasteiger partial charge on any atom is 0.349 e. The first-order valence-electron chi connectivity index (χ1n) is 13.4. The fourth-order valence-corrected chi connectivity index (χ4v) is 7.97. The van der Waals surface area contributed by atoms with Gasteiger partial charge >= 0.3 is 11.9 Å². The van der Waals surface area contributed by atoms with Crippen LogP contribution in [0.15, 0.2) is 59.3 Å². The first kappa shape index (κ1) is 29.9. The number of fused-ring (bicyclic) bond motifs is 2. The lowest BCUT2D eigenvalue weighted by molar-refractivity contribution is -0.961. The van der Waals surface area contributed by atoms with Crippen molar-refractivity contribution in [2.45, 2.75) is 75.8 Å². The summed E-state index contributed by atoms with van der Waals surface area (Å²) in [5.41, 5.74) is 0.665. The van der Waals surface area contributed by atoms with Crippen LogP contribution in [0.3, 0.4) is 0 Å². The van der Waals surface area contributed by atoms with Gasteiger partial charge in [0, 0.05) is 37.7 Å². The number of ether oxygens (including phenoxy) is 2. The van der Waals surface area contributed by atoms with E-state index in [9.17, 15) is 14.7 Å². The predicted octanol–water partition coefficient (Wildman–Crippen LogP) is 2.43. The van der Waals surface area contributed by atoms with E-state index in [-0.39, 0.29) is 29.1 Å². The first-order chi connectivity index (χ1) is 18.3. The minimum atomic E-state index is -1.76. The summed E-state index contributed by atoms with van der Waals surface area (Å²) in [7, 11) is 2.34. The minimum absolute atomic E-state index is 0. The standard InChI is InChI=1S/C30H36NO5S2.BrH/c1-3-35-28(32)15-12-21-8-10-22(11-9-21)20-31(2)23-13-14-24(31)19-25(18-23)36-29(33)30(34,26-6-4-16-37-26)27-7-5-17-38-27;/h4-11,16-17,23-25,34H,3,12-15,18-20H2,1-2H3;1H/q+1;/p-1/t23-,24+,25-,31?;. The van der Waals surface area contributed by atoms with E-state index in [1.54, 1.807) is 12.1 Å². The molecular weight excluding hydrogens is 598 g/mol. The number of aliphatic hydroxyl groups is 1. The van der Waals surface area contributed by atoms with Crippen LogP contribution >= 0.6 is 22.7 Å². The van der Waals surface area contributed by atoms with Gasteiger partial charge in [-0.15, -0.1) is 22.7 Å². The average molecular weight is 635 g/mol. The lowest BCUT2D eigenvalue weighted by Crippen LogP contribution is -3.00. The molecule has 1 aromatic carbocycles. The number of thiophene rings is 2. The maximum absolute atomic E-state index is 13.5. The SMILES string of the molecule is CCOC(=O)CCc1ccc(C[N+]2(C)[C@@H]3CC[C@H]2C[C@H](OC(=O)C(O)(c2cccs2)c2cccs2)C3)cc1.[Br-]. The third-order valence-corrected chi connectivity index (χ3v) is 10.3. The summed E-state index contributed by atoms with van der Waals surface area (Å²) in [5, 5.41) is 15.4. The van der Waals surface area contributed by atoms with E-state index in [0.29, 0.717) is 41.3 Å². The molecular formula is C30H36BrNO5S2. The molecule has 1 N–H and O–H groups in total. The highest BCUT2D eigenvalue weighted by Crippen LogP contribution is 2.45. The number of piperidine rings is 1. The van der Waals surface area contributed by atoms with Gasteiger partial charge in [-0.05, 0) is 41.8 Å². The lowest BCUT2D eigenvalue weighted by Gasteiger charge is -2.47.